The van der Waals surface area contributed by atoms with E-state index in [4.69, 9.17) is 23.2 Å². The van der Waals surface area contributed by atoms with E-state index in [1.54, 1.807) is 6.07 Å². The van der Waals surface area contributed by atoms with E-state index in [0.717, 1.165) is 29.7 Å². The highest BCUT2D eigenvalue weighted by Crippen LogP contribution is 2.50. The van der Waals surface area contributed by atoms with Crippen LogP contribution < -0.4 is 0 Å². The Balaban J connectivity index is 1.59. The SMILES string of the molecule is OC(Cc1cccc(Cl)c1Cl)CC1CC2CCC1C2. The summed E-state index contributed by atoms with van der Waals surface area (Å²) in [5.41, 5.74) is 0.963. The average molecular weight is 299 g/mol. The molecule has 0 aromatic heterocycles. The number of hydrogen-bond donors (Lipinski definition) is 1. The van der Waals surface area contributed by atoms with E-state index >= 15 is 0 Å². The molecule has 3 rings (SSSR count). The summed E-state index contributed by atoms with van der Waals surface area (Å²) in [7, 11) is 0. The maximum Gasteiger partial charge on any atom is 0.0625 e. The lowest BCUT2D eigenvalue weighted by Crippen LogP contribution is -2.20. The van der Waals surface area contributed by atoms with Gasteiger partial charge in [-0.3, -0.25) is 0 Å². The third-order valence-corrected chi connectivity index (χ3v) is 5.80. The maximum atomic E-state index is 10.3. The molecule has 3 heteroatoms. The number of aliphatic hydroxyl groups excluding tert-OH is 1. The number of rotatable bonds is 4. The third kappa shape index (κ3) is 2.94. The van der Waals surface area contributed by atoms with Gasteiger partial charge in [0.25, 0.3) is 0 Å². The largest absolute Gasteiger partial charge is 0.393 e. The van der Waals surface area contributed by atoms with Gasteiger partial charge in [0.2, 0.25) is 0 Å². The number of aliphatic hydroxyl groups is 1. The van der Waals surface area contributed by atoms with E-state index in [0.29, 0.717) is 16.5 Å². The first-order valence-corrected chi connectivity index (χ1v) is 8.00. The van der Waals surface area contributed by atoms with Crippen LogP contribution in [0.4, 0.5) is 0 Å². The molecule has 1 aromatic carbocycles. The lowest BCUT2D eigenvalue weighted by molar-refractivity contribution is 0.124. The van der Waals surface area contributed by atoms with Gasteiger partial charge in [-0.05, 0) is 61.5 Å². The van der Waals surface area contributed by atoms with Crippen molar-refractivity contribution in [2.75, 3.05) is 0 Å². The van der Waals surface area contributed by atoms with Crippen molar-refractivity contribution in [2.45, 2.75) is 44.6 Å². The minimum Gasteiger partial charge on any atom is -0.393 e. The maximum absolute atomic E-state index is 10.3. The van der Waals surface area contributed by atoms with E-state index < -0.39 is 0 Å². The summed E-state index contributed by atoms with van der Waals surface area (Å²) in [5.74, 6) is 2.54. The average Bonchev–Trinajstić information content (AvgIpc) is 2.97. The van der Waals surface area contributed by atoms with Gasteiger partial charge in [0.15, 0.2) is 0 Å². The number of halogens is 2. The van der Waals surface area contributed by atoms with Gasteiger partial charge in [-0.2, -0.15) is 0 Å². The van der Waals surface area contributed by atoms with Gasteiger partial charge in [-0.25, -0.2) is 0 Å². The first kappa shape index (κ1) is 13.7. The van der Waals surface area contributed by atoms with Gasteiger partial charge in [0, 0.05) is 0 Å². The van der Waals surface area contributed by atoms with Crippen LogP contribution >= 0.6 is 23.2 Å². The number of benzene rings is 1. The molecule has 0 amide bonds. The monoisotopic (exact) mass is 298 g/mol. The van der Waals surface area contributed by atoms with Crippen LogP contribution in [0.2, 0.25) is 10.0 Å². The van der Waals surface area contributed by atoms with Crippen molar-refractivity contribution in [3.63, 3.8) is 0 Å². The summed E-state index contributed by atoms with van der Waals surface area (Å²) in [6.45, 7) is 0. The second kappa shape index (κ2) is 5.63. The Labute approximate surface area is 124 Å². The first-order chi connectivity index (χ1) is 9.13. The quantitative estimate of drug-likeness (QED) is 0.852. The summed E-state index contributed by atoms with van der Waals surface area (Å²) in [6, 6.07) is 5.64. The van der Waals surface area contributed by atoms with Crippen molar-refractivity contribution < 1.29 is 5.11 Å². The molecular weight excluding hydrogens is 279 g/mol. The number of hydrogen-bond acceptors (Lipinski definition) is 1. The van der Waals surface area contributed by atoms with Crippen LogP contribution in [0.15, 0.2) is 18.2 Å². The summed E-state index contributed by atoms with van der Waals surface area (Å²) in [6.07, 6.45) is 6.76. The van der Waals surface area contributed by atoms with Crippen LogP contribution in [-0.2, 0) is 6.42 Å². The van der Waals surface area contributed by atoms with Crippen molar-refractivity contribution in [1.29, 1.82) is 0 Å². The second-order valence-electron chi connectivity index (χ2n) is 6.24. The zero-order chi connectivity index (χ0) is 13.4. The Hall–Kier alpha value is -0.240. The highest BCUT2D eigenvalue weighted by Gasteiger charge is 2.39. The molecule has 104 valence electrons. The van der Waals surface area contributed by atoms with Crippen molar-refractivity contribution in [1.82, 2.24) is 0 Å². The molecule has 0 heterocycles. The zero-order valence-corrected chi connectivity index (χ0v) is 12.5. The third-order valence-electron chi connectivity index (χ3n) is 4.95. The molecule has 0 aliphatic heterocycles. The standard InChI is InChI=1S/C16H20Cl2O/c17-15-3-1-2-12(16(15)18)8-14(19)9-13-7-10-4-5-11(13)6-10/h1-3,10-11,13-14,19H,4-9H2. The summed E-state index contributed by atoms with van der Waals surface area (Å²) >= 11 is 12.2. The van der Waals surface area contributed by atoms with Crippen LogP contribution in [0.5, 0.6) is 0 Å². The molecule has 0 saturated heterocycles. The fourth-order valence-corrected chi connectivity index (χ4v) is 4.46. The number of fused-ring (bicyclic) bond motifs is 2. The molecule has 1 N–H and O–H groups in total. The molecule has 0 spiro atoms. The first-order valence-electron chi connectivity index (χ1n) is 7.24. The lowest BCUT2D eigenvalue weighted by Gasteiger charge is -2.24. The molecule has 2 bridgehead atoms. The Kier molecular flexibility index (Phi) is 4.07. The Morgan fingerprint density at radius 2 is 2.05 bits per heavy atom. The van der Waals surface area contributed by atoms with Gasteiger partial charge in [-0.15, -0.1) is 0 Å². The normalized spacial score (nSPS) is 30.8. The summed E-state index contributed by atoms with van der Waals surface area (Å²) in [5, 5.41) is 11.5. The van der Waals surface area contributed by atoms with Crippen LogP contribution in [0, 0.1) is 17.8 Å². The Morgan fingerprint density at radius 1 is 1.21 bits per heavy atom. The molecular formula is C16H20Cl2O. The molecule has 1 aromatic rings. The van der Waals surface area contributed by atoms with Crippen LogP contribution in [0.1, 0.15) is 37.7 Å². The molecule has 2 saturated carbocycles. The van der Waals surface area contributed by atoms with Gasteiger partial charge in [0.1, 0.15) is 0 Å². The zero-order valence-electron chi connectivity index (χ0n) is 11.0. The van der Waals surface area contributed by atoms with Gasteiger partial charge >= 0.3 is 0 Å². The summed E-state index contributed by atoms with van der Waals surface area (Å²) in [4.78, 5) is 0. The molecule has 0 radical (unpaired) electrons. The summed E-state index contributed by atoms with van der Waals surface area (Å²) < 4.78 is 0. The van der Waals surface area contributed by atoms with Crippen LogP contribution in [0.25, 0.3) is 0 Å². The van der Waals surface area contributed by atoms with E-state index in [9.17, 15) is 5.11 Å². The lowest BCUT2D eigenvalue weighted by atomic mass is 9.84. The molecule has 19 heavy (non-hydrogen) atoms. The van der Waals surface area contributed by atoms with E-state index in [1.807, 2.05) is 12.1 Å². The molecule has 2 aliphatic carbocycles. The Bertz CT molecular complexity index is 460. The second-order valence-corrected chi connectivity index (χ2v) is 7.03. The fraction of sp³-hybridized carbons (Fsp3) is 0.625. The highest BCUT2D eigenvalue weighted by atomic mass is 35.5. The smallest absolute Gasteiger partial charge is 0.0625 e. The van der Waals surface area contributed by atoms with E-state index in [2.05, 4.69) is 0 Å². The molecule has 4 unspecified atom stereocenters. The van der Waals surface area contributed by atoms with Gasteiger partial charge < -0.3 is 5.11 Å². The van der Waals surface area contributed by atoms with Crippen LogP contribution in [-0.4, -0.2) is 11.2 Å². The van der Waals surface area contributed by atoms with Gasteiger partial charge in [-0.1, -0.05) is 41.8 Å². The molecule has 4 atom stereocenters. The topological polar surface area (TPSA) is 20.2 Å². The minimum atomic E-state index is -0.291. The molecule has 2 fully saturated rings. The highest BCUT2D eigenvalue weighted by molar-refractivity contribution is 6.42. The van der Waals surface area contributed by atoms with Crippen molar-refractivity contribution in [2.24, 2.45) is 17.8 Å². The van der Waals surface area contributed by atoms with Crippen molar-refractivity contribution in [3.05, 3.63) is 33.8 Å². The van der Waals surface area contributed by atoms with Crippen molar-refractivity contribution in [3.8, 4) is 0 Å². The fourth-order valence-electron chi connectivity index (χ4n) is 4.06. The van der Waals surface area contributed by atoms with Crippen LogP contribution in [0.3, 0.4) is 0 Å². The predicted octanol–water partition coefficient (Wildman–Crippen LogP) is 4.72. The molecule has 1 nitrogen and oxygen atoms in total. The van der Waals surface area contributed by atoms with E-state index in [1.165, 1.54) is 25.7 Å². The van der Waals surface area contributed by atoms with E-state index in [-0.39, 0.29) is 6.10 Å². The Morgan fingerprint density at radius 3 is 2.74 bits per heavy atom. The predicted molar refractivity (Wildman–Crippen MR) is 79.7 cm³/mol. The van der Waals surface area contributed by atoms with Crippen molar-refractivity contribution >= 4 is 23.2 Å². The minimum absolute atomic E-state index is 0.291. The van der Waals surface area contributed by atoms with Gasteiger partial charge in [0.05, 0.1) is 16.1 Å². The molecule has 2 aliphatic rings.